The molecule has 2 amide bonds. The van der Waals surface area contributed by atoms with Gasteiger partial charge in [-0.2, -0.15) is 5.26 Å². The predicted octanol–water partition coefficient (Wildman–Crippen LogP) is 3.17. The lowest BCUT2D eigenvalue weighted by Gasteiger charge is -2.32. The van der Waals surface area contributed by atoms with Crippen LogP contribution in [0.1, 0.15) is 43.5 Å². The number of benzene rings is 1. The van der Waals surface area contributed by atoms with Crippen molar-refractivity contribution in [3.63, 3.8) is 0 Å². The molecule has 30 heavy (non-hydrogen) atoms. The van der Waals surface area contributed by atoms with Crippen molar-refractivity contribution in [1.29, 1.82) is 5.26 Å². The molecule has 1 aliphatic rings. The Balaban J connectivity index is 1.96. The number of fused-ring (bicyclic) bond motifs is 1. The Labute approximate surface area is 183 Å². The Kier molecular flexibility index (Phi) is 6.77. The number of amides is 2. The molecular weight excluding hydrogens is 452 g/mol. The fourth-order valence-electron chi connectivity index (χ4n) is 3.44. The number of hydrogen-bond acceptors (Lipinski definition) is 6. The minimum atomic E-state index is -0.586. The van der Waals surface area contributed by atoms with Gasteiger partial charge in [0.25, 0.3) is 5.91 Å². The van der Waals surface area contributed by atoms with Crippen LogP contribution in [0.5, 0.6) is 11.6 Å². The zero-order valence-electron chi connectivity index (χ0n) is 16.9. The molecule has 1 aromatic heterocycles. The minimum Gasteiger partial charge on any atom is -0.490 e. The van der Waals surface area contributed by atoms with Gasteiger partial charge in [-0.25, -0.2) is 4.98 Å². The largest absolute Gasteiger partial charge is 0.490 e. The summed E-state index contributed by atoms with van der Waals surface area (Å²) in [5.74, 6) is -0.0302. The van der Waals surface area contributed by atoms with Gasteiger partial charge in [-0.05, 0) is 54.8 Å². The number of ether oxygens (including phenoxy) is 2. The van der Waals surface area contributed by atoms with Gasteiger partial charge in [0.1, 0.15) is 18.3 Å². The first-order chi connectivity index (χ1) is 14.3. The molecule has 2 N–H and O–H groups in total. The summed E-state index contributed by atoms with van der Waals surface area (Å²) >= 11 is 3.47. The molecule has 0 aliphatic carbocycles. The second kappa shape index (κ2) is 9.30. The number of pyridine rings is 1. The molecule has 0 bridgehead atoms. The molecule has 158 valence electrons. The van der Waals surface area contributed by atoms with Gasteiger partial charge < -0.3 is 20.1 Å². The van der Waals surface area contributed by atoms with Gasteiger partial charge in [-0.3, -0.25) is 9.59 Å². The van der Waals surface area contributed by atoms with E-state index in [1.54, 1.807) is 23.2 Å². The maximum absolute atomic E-state index is 12.1. The number of likely N-dealkylation sites (tertiary alicyclic amines) is 1. The normalized spacial score (nSPS) is 16.4. The Morgan fingerprint density at radius 2 is 2.17 bits per heavy atom. The summed E-state index contributed by atoms with van der Waals surface area (Å²) < 4.78 is 12.6. The fraction of sp³-hybridized carbons (Fsp3) is 0.429. The van der Waals surface area contributed by atoms with E-state index in [4.69, 9.17) is 20.5 Å². The first kappa shape index (κ1) is 21.8. The molecule has 2 heterocycles. The number of carbonyl (C=O) groups is 2. The number of nitrogens with zero attached hydrogens (tertiary/aromatic N) is 3. The molecule has 2 aromatic rings. The summed E-state index contributed by atoms with van der Waals surface area (Å²) in [5.41, 5.74) is 5.82. The quantitative estimate of drug-likeness (QED) is 0.686. The third-order valence-electron chi connectivity index (χ3n) is 4.77. The number of nitrogens with two attached hydrogens (primary N) is 1. The second-order valence-corrected chi connectivity index (χ2v) is 8.25. The van der Waals surface area contributed by atoms with Crippen LogP contribution in [-0.4, -0.2) is 47.0 Å². The monoisotopic (exact) mass is 474 g/mol. The first-order valence-corrected chi connectivity index (χ1v) is 10.5. The van der Waals surface area contributed by atoms with Crippen LogP contribution in [-0.2, 0) is 4.79 Å². The highest BCUT2D eigenvalue weighted by Gasteiger charge is 2.26. The number of aromatic nitrogens is 1. The van der Waals surface area contributed by atoms with E-state index in [0.717, 1.165) is 18.2 Å². The van der Waals surface area contributed by atoms with E-state index < -0.39 is 5.91 Å². The van der Waals surface area contributed by atoms with E-state index in [2.05, 4.69) is 20.9 Å². The van der Waals surface area contributed by atoms with Gasteiger partial charge >= 0.3 is 0 Å². The molecule has 0 unspecified atom stereocenters. The van der Waals surface area contributed by atoms with E-state index in [9.17, 15) is 9.59 Å². The van der Waals surface area contributed by atoms with Gasteiger partial charge in [0, 0.05) is 28.0 Å². The van der Waals surface area contributed by atoms with Crippen molar-refractivity contribution >= 4 is 38.5 Å². The molecule has 8 nitrogen and oxygen atoms in total. The standard InChI is InChI=1S/C21H23BrN4O4/c1-12(2)29-18-9-15-14(8-16(18)20(24)28)17(22)10-25-21(15)30-13-4-3-7-26(11-13)19(27)5-6-23/h8-10,12-13H,3-5,7,11H2,1-2H3,(H2,24,28)/t13-/m1/s1. The number of halogens is 1. The van der Waals surface area contributed by atoms with E-state index in [1.807, 2.05) is 19.9 Å². The van der Waals surface area contributed by atoms with Crippen LogP contribution >= 0.6 is 15.9 Å². The van der Waals surface area contributed by atoms with Crippen molar-refractivity contribution in [1.82, 2.24) is 9.88 Å². The number of nitriles is 1. The summed E-state index contributed by atoms with van der Waals surface area (Å²) in [4.78, 5) is 30.1. The second-order valence-electron chi connectivity index (χ2n) is 7.39. The Bertz CT molecular complexity index is 1020. The van der Waals surface area contributed by atoms with Crippen molar-refractivity contribution in [2.75, 3.05) is 13.1 Å². The average molecular weight is 475 g/mol. The SMILES string of the molecule is CC(C)Oc1cc2c(O[C@@H]3CCCN(C(=O)CC#N)C3)ncc(Br)c2cc1C(N)=O. The molecule has 1 atom stereocenters. The van der Waals surface area contributed by atoms with Crippen LogP contribution in [0.15, 0.2) is 22.8 Å². The highest BCUT2D eigenvalue weighted by Crippen LogP contribution is 2.36. The zero-order chi connectivity index (χ0) is 21.8. The van der Waals surface area contributed by atoms with E-state index in [0.29, 0.717) is 34.6 Å². The number of piperidine rings is 1. The van der Waals surface area contributed by atoms with Crippen LogP contribution in [0.3, 0.4) is 0 Å². The van der Waals surface area contributed by atoms with Gasteiger partial charge in [-0.1, -0.05) is 0 Å². The van der Waals surface area contributed by atoms with E-state index in [-0.39, 0.29) is 30.1 Å². The van der Waals surface area contributed by atoms with Crippen LogP contribution < -0.4 is 15.2 Å². The molecule has 0 radical (unpaired) electrons. The first-order valence-electron chi connectivity index (χ1n) is 9.70. The van der Waals surface area contributed by atoms with Gasteiger partial charge in [0.05, 0.1) is 24.3 Å². The van der Waals surface area contributed by atoms with Crippen molar-refractivity contribution in [2.24, 2.45) is 5.73 Å². The molecule has 1 aromatic carbocycles. The summed E-state index contributed by atoms with van der Waals surface area (Å²) in [6, 6.07) is 5.27. The third-order valence-corrected chi connectivity index (χ3v) is 5.40. The van der Waals surface area contributed by atoms with Crippen molar-refractivity contribution in [2.45, 2.75) is 45.3 Å². The van der Waals surface area contributed by atoms with Crippen LogP contribution in [0.2, 0.25) is 0 Å². The van der Waals surface area contributed by atoms with Crippen LogP contribution in [0.4, 0.5) is 0 Å². The number of hydrogen-bond donors (Lipinski definition) is 1. The topological polar surface area (TPSA) is 119 Å². The van der Waals surface area contributed by atoms with Gasteiger partial charge in [-0.15, -0.1) is 0 Å². The summed E-state index contributed by atoms with van der Waals surface area (Å²) in [7, 11) is 0. The molecule has 0 saturated carbocycles. The maximum Gasteiger partial charge on any atom is 0.252 e. The zero-order valence-corrected chi connectivity index (χ0v) is 18.4. The van der Waals surface area contributed by atoms with Crippen LogP contribution in [0, 0.1) is 11.3 Å². The van der Waals surface area contributed by atoms with Crippen LogP contribution in [0.25, 0.3) is 10.8 Å². The molecule has 3 rings (SSSR count). The number of carbonyl (C=O) groups excluding carboxylic acids is 2. The van der Waals surface area contributed by atoms with E-state index in [1.165, 1.54) is 0 Å². The lowest BCUT2D eigenvalue weighted by molar-refractivity contribution is -0.132. The van der Waals surface area contributed by atoms with E-state index >= 15 is 0 Å². The minimum absolute atomic E-state index is 0.141. The lowest BCUT2D eigenvalue weighted by atomic mass is 10.1. The lowest BCUT2D eigenvalue weighted by Crippen LogP contribution is -2.44. The highest BCUT2D eigenvalue weighted by atomic mass is 79.9. The van der Waals surface area contributed by atoms with Gasteiger partial charge in [0.15, 0.2) is 0 Å². The predicted molar refractivity (Wildman–Crippen MR) is 114 cm³/mol. The number of primary amides is 1. The Morgan fingerprint density at radius 1 is 1.40 bits per heavy atom. The maximum atomic E-state index is 12.1. The average Bonchev–Trinajstić information content (AvgIpc) is 2.69. The molecule has 1 aliphatic heterocycles. The van der Waals surface area contributed by atoms with Crippen molar-refractivity contribution in [3.8, 4) is 17.7 Å². The molecule has 1 fully saturated rings. The summed E-state index contributed by atoms with van der Waals surface area (Å²) in [6.07, 6.45) is 2.62. The molecule has 0 spiro atoms. The smallest absolute Gasteiger partial charge is 0.252 e. The highest BCUT2D eigenvalue weighted by molar-refractivity contribution is 9.10. The third kappa shape index (κ3) is 4.82. The molecular formula is C21H23BrN4O4. The van der Waals surface area contributed by atoms with Crippen molar-refractivity contribution in [3.05, 3.63) is 28.4 Å². The molecule has 1 saturated heterocycles. The van der Waals surface area contributed by atoms with Crippen molar-refractivity contribution < 1.29 is 19.1 Å². The number of rotatable bonds is 6. The summed E-state index contributed by atoms with van der Waals surface area (Å²) in [6.45, 7) is 4.73. The Morgan fingerprint density at radius 3 is 2.83 bits per heavy atom. The fourth-order valence-corrected chi connectivity index (χ4v) is 3.88. The van der Waals surface area contributed by atoms with Gasteiger partial charge in [0.2, 0.25) is 11.8 Å². The molecule has 9 heteroatoms. The summed E-state index contributed by atoms with van der Waals surface area (Å²) in [5, 5.41) is 10.2. The Hall–Kier alpha value is -2.86.